The van der Waals surface area contributed by atoms with Crippen molar-refractivity contribution >= 4 is 11.9 Å². The van der Waals surface area contributed by atoms with Crippen LogP contribution in [0.2, 0.25) is 0 Å². The first-order valence-corrected chi connectivity index (χ1v) is 7.52. The molecule has 120 valence electrons. The Bertz CT molecular complexity index is 424. The van der Waals surface area contributed by atoms with Gasteiger partial charge in [-0.15, -0.1) is 0 Å². The van der Waals surface area contributed by atoms with Crippen LogP contribution < -0.4 is 15.4 Å². The van der Waals surface area contributed by atoms with E-state index in [2.05, 4.69) is 39.4 Å². The third kappa shape index (κ3) is 5.71. The van der Waals surface area contributed by atoms with Crippen LogP contribution >= 0.6 is 0 Å². The molecule has 0 saturated carbocycles. The molecule has 7 nitrogen and oxygen atoms in total. The van der Waals surface area contributed by atoms with E-state index in [1.807, 2.05) is 13.8 Å². The first-order chi connectivity index (χ1) is 9.99. The Morgan fingerprint density at radius 2 is 1.71 bits per heavy atom. The highest BCUT2D eigenvalue weighted by Gasteiger charge is 2.16. The van der Waals surface area contributed by atoms with E-state index in [0.29, 0.717) is 18.4 Å². The summed E-state index contributed by atoms with van der Waals surface area (Å²) >= 11 is 0. The predicted molar refractivity (Wildman–Crippen MR) is 83.7 cm³/mol. The summed E-state index contributed by atoms with van der Waals surface area (Å²) in [5.74, 6) is 1.10. The number of ether oxygens (including phenoxy) is 1. The van der Waals surface area contributed by atoms with Gasteiger partial charge in [0.25, 0.3) is 0 Å². The molecule has 0 aromatic carbocycles. The number of nitrogens with zero attached hydrogens (tertiary/aromatic N) is 3. The highest BCUT2D eigenvalue weighted by Crippen LogP contribution is 2.15. The lowest BCUT2D eigenvalue weighted by atomic mass is 9.97. The Morgan fingerprint density at radius 1 is 1.10 bits per heavy atom. The minimum absolute atomic E-state index is 0.0138. The number of aliphatic hydroxyl groups excluding tert-OH is 1. The fourth-order valence-electron chi connectivity index (χ4n) is 2.01. The molecule has 21 heavy (non-hydrogen) atoms. The van der Waals surface area contributed by atoms with Crippen LogP contribution in [-0.4, -0.2) is 45.9 Å². The summed E-state index contributed by atoms with van der Waals surface area (Å²) in [6.07, 6.45) is 1.45. The third-order valence-corrected chi connectivity index (χ3v) is 3.24. The van der Waals surface area contributed by atoms with Crippen molar-refractivity contribution in [2.75, 3.05) is 24.2 Å². The molecule has 0 aliphatic rings. The van der Waals surface area contributed by atoms with Gasteiger partial charge in [0.1, 0.15) is 0 Å². The van der Waals surface area contributed by atoms with Crippen molar-refractivity contribution in [2.24, 2.45) is 5.92 Å². The average molecular weight is 297 g/mol. The SMILES string of the molecule is CCC(CC)C(O)CNc1nc(NC)nc(OC(C)C)n1. The van der Waals surface area contributed by atoms with Crippen LogP contribution in [-0.2, 0) is 0 Å². The molecule has 0 radical (unpaired) electrons. The maximum Gasteiger partial charge on any atom is 0.323 e. The zero-order chi connectivity index (χ0) is 15.8. The molecule has 1 aromatic heterocycles. The van der Waals surface area contributed by atoms with Crippen LogP contribution in [0.3, 0.4) is 0 Å². The van der Waals surface area contributed by atoms with Crippen molar-refractivity contribution in [3.05, 3.63) is 0 Å². The Morgan fingerprint density at radius 3 is 2.24 bits per heavy atom. The smallest absolute Gasteiger partial charge is 0.323 e. The van der Waals surface area contributed by atoms with Crippen molar-refractivity contribution in [3.63, 3.8) is 0 Å². The molecule has 0 fully saturated rings. The Labute approximate surface area is 126 Å². The Balaban J connectivity index is 2.73. The number of aromatic nitrogens is 3. The van der Waals surface area contributed by atoms with Crippen LogP contribution in [0.5, 0.6) is 6.01 Å². The molecule has 0 amide bonds. The van der Waals surface area contributed by atoms with Crippen molar-refractivity contribution in [3.8, 4) is 6.01 Å². The number of rotatable bonds is 9. The van der Waals surface area contributed by atoms with E-state index in [0.717, 1.165) is 12.8 Å². The van der Waals surface area contributed by atoms with Gasteiger partial charge in [0.2, 0.25) is 11.9 Å². The van der Waals surface area contributed by atoms with E-state index in [1.54, 1.807) is 7.05 Å². The molecule has 0 bridgehead atoms. The minimum atomic E-state index is -0.427. The van der Waals surface area contributed by atoms with Gasteiger partial charge in [-0.25, -0.2) is 0 Å². The second-order valence-electron chi connectivity index (χ2n) is 5.21. The molecule has 3 N–H and O–H groups in total. The van der Waals surface area contributed by atoms with Crippen LogP contribution in [0.1, 0.15) is 40.5 Å². The van der Waals surface area contributed by atoms with E-state index in [-0.39, 0.29) is 18.0 Å². The number of nitrogens with one attached hydrogen (secondary N) is 2. The van der Waals surface area contributed by atoms with Crippen molar-refractivity contribution < 1.29 is 9.84 Å². The fraction of sp³-hybridized carbons (Fsp3) is 0.786. The van der Waals surface area contributed by atoms with Crippen LogP contribution in [0.15, 0.2) is 0 Å². The molecule has 1 atom stereocenters. The number of hydrogen-bond acceptors (Lipinski definition) is 7. The zero-order valence-corrected chi connectivity index (χ0v) is 13.6. The maximum atomic E-state index is 10.1. The second kappa shape index (κ2) is 8.61. The van der Waals surface area contributed by atoms with Gasteiger partial charge >= 0.3 is 6.01 Å². The Kier molecular flexibility index (Phi) is 7.14. The molecule has 1 unspecified atom stereocenters. The lowest BCUT2D eigenvalue weighted by Crippen LogP contribution is -2.28. The molecule has 7 heteroatoms. The van der Waals surface area contributed by atoms with Gasteiger partial charge in [-0.1, -0.05) is 26.7 Å². The first kappa shape index (κ1) is 17.4. The van der Waals surface area contributed by atoms with E-state index >= 15 is 0 Å². The van der Waals surface area contributed by atoms with Crippen LogP contribution in [0.25, 0.3) is 0 Å². The van der Waals surface area contributed by atoms with Gasteiger partial charge in [0, 0.05) is 13.6 Å². The Hall–Kier alpha value is -1.63. The topological polar surface area (TPSA) is 92.2 Å². The highest BCUT2D eigenvalue weighted by molar-refractivity contribution is 5.35. The number of hydrogen-bond donors (Lipinski definition) is 3. The highest BCUT2D eigenvalue weighted by atomic mass is 16.5. The molecule has 0 aliphatic carbocycles. The molecule has 1 rings (SSSR count). The minimum Gasteiger partial charge on any atom is -0.461 e. The van der Waals surface area contributed by atoms with E-state index in [4.69, 9.17) is 4.74 Å². The lowest BCUT2D eigenvalue weighted by molar-refractivity contribution is 0.114. The number of anilines is 2. The molecule has 1 heterocycles. The summed E-state index contributed by atoms with van der Waals surface area (Å²) in [5, 5.41) is 16.0. The van der Waals surface area contributed by atoms with Crippen molar-refractivity contribution in [2.45, 2.75) is 52.7 Å². The molecule has 0 spiro atoms. The summed E-state index contributed by atoms with van der Waals surface area (Å²) < 4.78 is 5.49. The van der Waals surface area contributed by atoms with Crippen LogP contribution in [0.4, 0.5) is 11.9 Å². The molecular formula is C14H27N5O2. The quantitative estimate of drug-likeness (QED) is 0.641. The third-order valence-electron chi connectivity index (χ3n) is 3.24. The number of aliphatic hydroxyl groups is 1. The first-order valence-electron chi connectivity index (χ1n) is 7.52. The molecule has 0 aliphatic heterocycles. The summed E-state index contributed by atoms with van der Waals surface area (Å²) in [7, 11) is 1.73. The molecule has 1 aromatic rings. The molecular weight excluding hydrogens is 270 g/mol. The van der Waals surface area contributed by atoms with Gasteiger partial charge in [0.15, 0.2) is 0 Å². The van der Waals surface area contributed by atoms with Crippen LogP contribution in [0, 0.1) is 5.92 Å². The van der Waals surface area contributed by atoms with Crippen molar-refractivity contribution in [1.82, 2.24) is 15.0 Å². The van der Waals surface area contributed by atoms with Gasteiger partial charge in [0.05, 0.1) is 12.2 Å². The van der Waals surface area contributed by atoms with E-state index in [9.17, 15) is 5.11 Å². The monoisotopic (exact) mass is 297 g/mol. The van der Waals surface area contributed by atoms with Gasteiger partial charge in [-0.2, -0.15) is 15.0 Å². The summed E-state index contributed by atoms with van der Waals surface area (Å²) in [5.41, 5.74) is 0. The second-order valence-corrected chi connectivity index (χ2v) is 5.21. The zero-order valence-electron chi connectivity index (χ0n) is 13.6. The van der Waals surface area contributed by atoms with Gasteiger partial charge in [-0.05, 0) is 19.8 Å². The van der Waals surface area contributed by atoms with Gasteiger partial charge in [-0.3, -0.25) is 0 Å². The summed E-state index contributed by atoms with van der Waals surface area (Å²) in [6, 6.07) is 0.267. The van der Waals surface area contributed by atoms with E-state index in [1.165, 1.54) is 0 Å². The summed E-state index contributed by atoms with van der Waals surface area (Å²) in [4.78, 5) is 12.5. The normalized spacial score (nSPS) is 12.6. The van der Waals surface area contributed by atoms with E-state index < -0.39 is 6.10 Å². The van der Waals surface area contributed by atoms with Crippen molar-refractivity contribution in [1.29, 1.82) is 0 Å². The van der Waals surface area contributed by atoms with Gasteiger partial charge < -0.3 is 20.5 Å². The summed E-state index contributed by atoms with van der Waals surface area (Å²) in [6.45, 7) is 8.38. The standard InChI is InChI=1S/C14H27N5O2/c1-6-10(7-2)11(20)8-16-13-17-12(15-5)18-14(19-13)21-9(3)4/h9-11,20H,6-8H2,1-5H3,(H2,15,16,17,18,19). The lowest BCUT2D eigenvalue weighted by Gasteiger charge is -2.20. The average Bonchev–Trinajstić information content (AvgIpc) is 2.45. The predicted octanol–water partition coefficient (Wildman–Crippen LogP) is 1.91. The fourth-order valence-corrected chi connectivity index (χ4v) is 2.01. The maximum absolute atomic E-state index is 10.1. The largest absolute Gasteiger partial charge is 0.461 e. The molecule has 0 saturated heterocycles.